The van der Waals surface area contributed by atoms with Gasteiger partial charge in [0.15, 0.2) is 12.4 Å². The van der Waals surface area contributed by atoms with Crippen molar-refractivity contribution >= 4 is 40.5 Å². The molecule has 0 radical (unpaired) electrons. The van der Waals surface area contributed by atoms with Crippen LogP contribution in [0.2, 0.25) is 0 Å². The van der Waals surface area contributed by atoms with Crippen LogP contribution in [0.4, 0.5) is 0 Å². The number of esters is 3. The van der Waals surface area contributed by atoms with Gasteiger partial charge in [-0.05, 0) is 44.4 Å². The van der Waals surface area contributed by atoms with E-state index in [1.54, 1.807) is 0 Å². The van der Waals surface area contributed by atoms with Crippen LogP contribution in [-0.4, -0.2) is 55.2 Å². The van der Waals surface area contributed by atoms with Gasteiger partial charge in [-0.1, -0.05) is 25.3 Å². The van der Waals surface area contributed by atoms with Crippen LogP contribution in [0.1, 0.15) is 59.3 Å². The number of allylic oxidation sites excluding steroid dienone is 1. The van der Waals surface area contributed by atoms with E-state index in [-0.39, 0.29) is 30.0 Å². The van der Waals surface area contributed by atoms with Gasteiger partial charge in [-0.25, -0.2) is 0 Å². The molecule has 0 amide bonds. The van der Waals surface area contributed by atoms with Crippen molar-refractivity contribution in [3.63, 3.8) is 0 Å². The maximum atomic E-state index is 12.1. The summed E-state index contributed by atoms with van der Waals surface area (Å²) in [6, 6.07) is 0. The number of fused-ring (bicyclic) bond motifs is 4. The van der Waals surface area contributed by atoms with E-state index in [1.807, 2.05) is 0 Å². The zero-order valence-corrected chi connectivity index (χ0v) is 20.9. The highest BCUT2D eigenvalue weighted by atomic mass is 127. The molecule has 2 aliphatic carbocycles. The molecule has 4 aliphatic rings. The number of hydrogen-bond donors (Lipinski definition) is 0. The van der Waals surface area contributed by atoms with Gasteiger partial charge in [-0.15, -0.1) is 0 Å². The molecule has 2 heterocycles. The normalized spacial score (nSPS) is 37.6. The molecular formula is C23H31IO8. The fourth-order valence-corrected chi connectivity index (χ4v) is 7.26. The Balaban J connectivity index is 1.72. The predicted octanol–water partition coefficient (Wildman–Crippen LogP) is 3.44. The molecule has 4 rings (SSSR count). The fraction of sp³-hybridized carbons (Fsp3) is 0.783. The summed E-state index contributed by atoms with van der Waals surface area (Å²) >= 11 is 2.40. The van der Waals surface area contributed by atoms with E-state index in [9.17, 15) is 14.4 Å². The molecule has 7 atom stereocenters. The molecule has 1 spiro atoms. The van der Waals surface area contributed by atoms with E-state index in [0.717, 1.165) is 32.1 Å². The Morgan fingerprint density at radius 1 is 1.00 bits per heavy atom. The third-order valence-electron chi connectivity index (χ3n) is 7.16. The maximum Gasteiger partial charge on any atom is 0.303 e. The van der Waals surface area contributed by atoms with Gasteiger partial charge in [-0.3, -0.25) is 14.4 Å². The molecule has 178 valence electrons. The second-order valence-corrected chi connectivity index (χ2v) is 10.7. The summed E-state index contributed by atoms with van der Waals surface area (Å²) in [7, 11) is 0. The first-order valence-corrected chi connectivity index (χ1v) is 12.4. The van der Waals surface area contributed by atoms with Crippen LogP contribution in [0, 0.1) is 17.3 Å². The molecule has 0 aromatic carbocycles. The monoisotopic (exact) mass is 562 g/mol. The summed E-state index contributed by atoms with van der Waals surface area (Å²) in [6.07, 6.45) is 5.67. The lowest BCUT2D eigenvalue weighted by Gasteiger charge is -2.50. The Hall–Kier alpha value is -1.20. The molecule has 1 saturated carbocycles. The van der Waals surface area contributed by atoms with Crippen LogP contribution in [0.15, 0.2) is 9.66 Å². The lowest BCUT2D eigenvalue weighted by molar-refractivity contribution is -0.274. The van der Waals surface area contributed by atoms with Crippen molar-refractivity contribution in [2.75, 3.05) is 6.61 Å². The summed E-state index contributed by atoms with van der Waals surface area (Å²) < 4.78 is 30.6. The molecule has 0 N–H and O–H groups in total. The first kappa shape index (κ1) is 23.9. The third kappa shape index (κ3) is 4.70. The second-order valence-electron chi connectivity index (χ2n) is 9.36. The molecule has 9 heteroatoms. The van der Waals surface area contributed by atoms with Crippen LogP contribution in [0.3, 0.4) is 0 Å². The average Bonchev–Trinajstić information content (AvgIpc) is 3.06. The van der Waals surface area contributed by atoms with E-state index in [0.29, 0.717) is 0 Å². The fourth-order valence-electron chi connectivity index (χ4n) is 6.21. The standard InChI is InChI=1S/C23H31IO8/c1-12(25)28-11-17-20(29-13(2)26)21(30-14(3)27)18-19-16(31-22(18)32-17)9-15(24)10-23(19)7-5-4-6-8-23/h10,16-22H,4-9,11H2,1-3H3/t16-,17+,18+,19-,20+,21+,22-/m0/s1. The number of ether oxygens (including phenoxy) is 5. The van der Waals surface area contributed by atoms with Crippen molar-refractivity contribution in [3.05, 3.63) is 9.66 Å². The van der Waals surface area contributed by atoms with Crippen molar-refractivity contribution in [1.82, 2.24) is 0 Å². The Labute approximate surface area is 201 Å². The van der Waals surface area contributed by atoms with Crippen molar-refractivity contribution in [2.24, 2.45) is 17.3 Å². The number of hydrogen-bond acceptors (Lipinski definition) is 8. The lowest BCUT2D eigenvalue weighted by Crippen LogP contribution is -2.60. The van der Waals surface area contributed by atoms with Crippen LogP contribution in [0.5, 0.6) is 0 Å². The van der Waals surface area contributed by atoms with Crippen LogP contribution >= 0.6 is 22.6 Å². The molecule has 32 heavy (non-hydrogen) atoms. The molecule has 2 aliphatic heterocycles. The smallest absolute Gasteiger partial charge is 0.303 e. The molecular weight excluding hydrogens is 531 g/mol. The second kappa shape index (κ2) is 9.58. The first-order chi connectivity index (χ1) is 15.2. The van der Waals surface area contributed by atoms with Gasteiger partial charge in [0.1, 0.15) is 18.8 Å². The molecule has 3 fully saturated rings. The topological polar surface area (TPSA) is 97.4 Å². The van der Waals surface area contributed by atoms with Gasteiger partial charge in [0.25, 0.3) is 0 Å². The quantitative estimate of drug-likeness (QED) is 0.292. The summed E-state index contributed by atoms with van der Waals surface area (Å²) in [5.41, 5.74) is -0.0532. The zero-order valence-electron chi connectivity index (χ0n) is 18.7. The third-order valence-corrected chi connectivity index (χ3v) is 7.91. The highest BCUT2D eigenvalue weighted by Gasteiger charge is 2.64. The molecule has 2 saturated heterocycles. The Morgan fingerprint density at radius 2 is 1.66 bits per heavy atom. The number of carbonyl (C=O) groups is 3. The van der Waals surface area contributed by atoms with E-state index in [2.05, 4.69) is 28.7 Å². The van der Waals surface area contributed by atoms with Crippen LogP contribution in [-0.2, 0) is 38.1 Å². The van der Waals surface area contributed by atoms with Gasteiger partial charge in [0.05, 0.1) is 12.0 Å². The largest absolute Gasteiger partial charge is 0.463 e. The van der Waals surface area contributed by atoms with E-state index < -0.39 is 42.5 Å². The minimum Gasteiger partial charge on any atom is -0.463 e. The van der Waals surface area contributed by atoms with Gasteiger partial charge < -0.3 is 23.7 Å². The number of rotatable bonds is 4. The van der Waals surface area contributed by atoms with Gasteiger partial charge >= 0.3 is 17.9 Å². The molecule has 0 unspecified atom stereocenters. The number of carbonyl (C=O) groups excluding carboxylic acids is 3. The van der Waals surface area contributed by atoms with E-state index in [1.165, 1.54) is 30.8 Å². The predicted molar refractivity (Wildman–Crippen MR) is 120 cm³/mol. The van der Waals surface area contributed by atoms with Gasteiger partial charge in [-0.2, -0.15) is 0 Å². The summed E-state index contributed by atoms with van der Waals surface area (Å²) in [6.45, 7) is 3.84. The first-order valence-electron chi connectivity index (χ1n) is 11.4. The van der Waals surface area contributed by atoms with E-state index >= 15 is 0 Å². The molecule has 0 aromatic rings. The van der Waals surface area contributed by atoms with Crippen molar-refractivity contribution in [3.8, 4) is 0 Å². The lowest BCUT2D eigenvalue weighted by atomic mass is 9.57. The Kier molecular flexibility index (Phi) is 7.17. The van der Waals surface area contributed by atoms with Crippen molar-refractivity contribution in [1.29, 1.82) is 0 Å². The molecule has 8 nitrogen and oxygen atoms in total. The average molecular weight is 562 g/mol. The zero-order chi connectivity index (χ0) is 23.0. The highest BCUT2D eigenvalue weighted by molar-refractivity contribution is 14.1. The summed E-state index contributed by atoms with van der Waals surface area (Å²) in [5.74, 6) is -1.63. The Morgan fingerprint density at radius 3 is 2.28 bits per heavy atom. The van der Waals surface area contributed by atoms with Gasteiger partial charge in [0.2, 0.25) is 0 Å². The van der Waals surface area contributed by atoms with Gasteiger partial charge in [0, 0.05) is 33.1 Å². The van der Waals surface area contributed by atoms with Crippen LogP contribution < -0.4 is 0 Å². The molecule has 0 aromatic heterocycles. The highest BCUT2D eigenvalue weighted by Crippen LogP contribution is 2.60. The van der Waals surface area contributed by atoms with Crippen LogP contribution in [0.25, 0.3) is 0 Å². The Bertz CT molecular complexity index is 789. The minimum absolute atomic E-state index is 0.0532. The minimum atomic E-state index is -0.884. The van der Waals surface area contributed by atoms with Crippen molar-refractivity contribution < 1.29 is 38.1 Å². The maximum absolute atomic E-state index is 12.1. The number of halogens is 1. The van der Waals surface area contributed by atoms with E-state index in [4.69, 9.17) is 23.7 Å². The van der Waals surface area contributed by atoms with Crippen molar-refractivity contribution in [2.45, 2.75) is 90.0 Å². The summed E-state index contributed by atoms with van der Waals surface area (Å²) in [4.78, 5) is 35.5. The molecule has 0 bridgehead atoms. The SMILES string of the molecule is CC(=O)OC[C@H]1O[C@@H]2O[C@H]3CC(I)=CC4(CCCCC4)[C@@H]3[C@@H]2[C@@H](OC(C)=O)[C@@H]1OC(C)=O. The summed E-state index contributed by atoms with van der Waals surface area (Å²) in [5, 5.41) is 0.